The van der Waals surface area contributed by atoms with Crippen molar-refractivity contribution >= 4 is 38.1 Å². The number of hydrogen-bond donors (Lipinski definition) is 1. The number of piperidine rings is 1. The number of halogens is 1. The van der Waals surface area contributed by atoms with Gasteiger partial charge in [0.15, 0.2) is 11.5 Å². The van der Waals surface area contributed by atoms with E-state index >= 15 is 0 Å². The van der Waals surface area contributed by atoms with Crippen molar-refractivity contribution in [2.24, 2.45) is 11.0 Å². The molecule has 8 nitrogen and oxygen atoms in total. The molecule has 166 valence electrons. The zero-order valence-electron chi connectivity index (χ0n) is 17.2. The van der Waals surface area contributed by atoms with Crippen molar-refractivity contribution in [2.45, 2.75) is 17.7 Å². The third-order valence-corrected chi connectivity index (χ3v) is 7.44. The van der Waals surface area contributed by atoms with Crippen LogP contribution in [-0.2, 0) is 14.8 Å². The zero-order valence-corrected chi connectivity index (χ0v) is 19.6. The van der Waals surface area contributed by atoms with Gasteiger partial charge in [-0.3, -0.25) is 4.79 Å². The Hall–Kier alpha value is -2.43. The second-order valence-electron chi connectivity index (χ2n) is 6.98. The number of hydrazone groups is 1. The molecule has 2 aromatic rings. The van der Waals surface area contributed by atoms with Crippen molar-refractivity contribution in [3.05, 3.63) is 52.5 Å². The zero-order chi connectivity index (χ0) is 22.4. The van der Waals surface area contributed by atoms with Gasteiger partial charge in [-0.2, -0.15) is 9.41 Å². The quantitative estimate of drug-likeness (QED) is 0.456. The van der Waals surface area contributed by atoms with Crippen molar-refractivity contribution in [1.82, 2.24) is 9.73 Å². The molecular weight excluding hydrogens is 486 g/mol. The van der Waals surface area contributed by atoms with E-state index in [1.807, 2.05) is 24.3 Å². The molecule has 0 aliphatic carbocycles. The molecule has 0 radical (unpaired) electrons. The number of ether oxygens (including phenoxy) is 2. The van der Waals surface area contributed by atoms with Crippen LogP contribution in [0.3, 0.4) is 0 Å². The van der Waals surface area contributed by atoms with Crippen LogP contribution in [0.25, 0.3) is 0 Å². The number of hydrogen-bond acceptors (Lipinski definition) is 6. The van der Waals surface area contributed by atoms with Gasteiger partial charge in [0.05, 0.1) is 25.3 Å². The predicted molar refractivity (Wildman–Crippen MR) is 121 cm³/mol. The first-order chi connectivity index (χ1) is 14.8. The van der Waals surface area contributed by atoms with Gasteiger partial charge in [0.25, 0.3) is 0 Å². The molecule has 1 aliphatic heterocycles. The molecule has 0 unspecified atom stereocenters. The van der Waals surface area contributed by atoms with E-state index in [9.17, 15) is 13.2 Å². The molecule has 31 heavy (non-hydrogen) atoms. The van der Waals surface area contributed by atoms with E-state index in [0.29, 0.717) is 24.3 Å². The minimum Gasteiger partial charge on any atom is -0.493 e. The van der Waals surface area contributed by atoms with Gasteiger partial charge in [0, 0.05) is 29.5 Å². The number of methoxy groups -OCH3 is 2. The van der Waals surface area contributed by atoms with E-state index in [1.165, 1.54) is 30.7 Å². The van der Waals surface area contributed by atoms with E-state index in [4.69, 9.17) is 9.47 Å². The smallest absolute Gasteiger partial charge is 0.243 e. The normalized spacial score (nSPS) is 15.7. The van der Waals surface area contributed by atoms with Gasteiger partial charge < -0.3 is 9.47 Å². The highest BCUT2D eigenvalue weighted by atomic mass is 79.9. The monoisotopic (exact) mass is 509 g/mol. The average Bonchev–Trinajstić information content (AvgIpc) is 2.78. The summed E-state index contributed by atoms with van der Waals surface area (Å²) in [6.45, 7) is 0.508. The number of sulfonamides is 1. The lowest BCUT2D eigenvalue weighted by atomic mass is 9.98. The Morgan fingerprint density at radius 2 is 1.84 bits per heavy atom. The number of nitrogens with one attached hydrogen (secondary N) is 1. The van der Waals surface area contributed by atoms with Gasteiger partial charge in [0.2, 0.25) is 15.9 Å². The molecule has 2 aromatic carbocycles. The maximum Gasteiger partial charge on any atom is 0.243 e. The molecule has 0 bridgehead atoms. The molecule has 1 saturated heterocycles. The molecule has 0 saturated carbocycles. The van der Waals surface area contributed by atoms with Crippen molar-refractivity contribution in [3.8, 4) is 11.5 Å². The molecule has 1 amide bonds. The molecule has 10 heteroatoms. The molecule has 0 aromatic heterocycles. The SMILES string of the molecule is COc1ccc(S(=O)(=O)N2CCC(C(=O)N/N=C\c3cccc(Br)c3)CC2)cc1OC. The van der Waals surface area contributed by atoms with Crippen molar-refractivity contribution in [2.75, 3.05) is 27.3 Å². The maximum absolute atomic E-state index is 13.0. The summed E-state index contributed by atoms with van der Waals surface area (Å²) in [5, 5.41) is 4.01. The summed E-state index contributed by atoms with van der Waals surface area (Å²) in [4.78, 5) is 12.5. The van der Waals surface area contributed by atoms with Crippen molar-refractivity contribution in [1.29, 1.82) is 0 Å². The van der Waals surface area contributed by atoms with Crippen LogP contribution in [0.2, 0.25) is 0 Å². The molecule has 1 N–H and O–H groups in total. The number of rotatable bonds is 7. The minimum absolute atomic E-state index is 0.131. The number of carbonyl (C=O) groups excluding carboxylic acids is 1. The van der Waals surface area contributed by atoms with E-state index in [0.717, 1.165) is 10.0 Å². The molecular formula is C21H24BrN3O5S. The molecule has 1 aliphatic rings. The first-order valence-corrected chi connectivity index (χ1v) is 11.9. The Bertz CT molecular complexity index is 1070. The van der Waals surface area contributed by atoms with Crippen LogP contribution >= 0.6 is 15.9 Å². The second kappa shape index (κ2) is 10.3. The summed E-state index contributed by atoms with van der Waals surface area (Å²) in [7, 11) is -0.747. The van der Waals surface area contributed by atoms with Gasteiger partial charge in [0.1, 0.15) is 0 Å². The van der Waals surface area contributed by atoms with Gasteiger partial charge in [-0.05, 0) is 42.7 Å². The summed E-state index contributed by atoms with van der Waals surface area (Å²) < 4.78 is 38.7. The second-order valence-corrected chi connectivity index (χ2v) is 9.84. The number of carbonyl (C=O) groups is 1. The van der Waals surface area contributed by atoms with E-state index in [-0.39, 0.29) is 29.8 Å². The first-order valence-electron chi connectivity index (χ1n) is 9.66. The molecule has 0 atom stereocenters. The molecule has 1 heterocycles. The predicted octanol–water partition coefficient (Wildman–Crippen LogP) is 3.02. The fraction of sp³-hybridized carbons (Fsp3) is 0.333. The Morgan fingerprint density at radius 3 is 2.48 bits per heavy atom. The molecule has 1 fully saturated rings. The maximum atomic E-state index is 13.0. The summed E-state index contributed by atoms with van der Waals surface area (Å²) in [6.07, 6.45) is 2.41. The van der Waals surface area contributed by atoms with Gasteiger partial charge in [-0.25, -0.2) is 13.8 Å². The van der Waals surface area contributed by atoms with Crippen LogP contribution in [0.1, 0.15) is 18.4 Å². The van der Waals surface area contributed by atoms with Gasteiger partial charge >= 0.3 is 0 Å². The average molecular weight is 510 g/mol. The van der Waals surface area contributed by atoms with Crippen LogP contribution in [0.4, 0.5) is 0 Å². The fourth-order valence-corrected chi connectivity index (χ4v) is 5.24. The first kappa shape index (κ1) is 23.2. The van der Waals surface area contributed by atoms with Crippen molar-refractivity contribution in [3.63, 3.8) is 0 Å². The lowest BCUT2D eigenvalue weighted by Gasteiger charge is -2.30. The Labute approximate surface area is 190 Å². The number of benzene rings is 2. The van der Waals surface area contributed by atoms with Crippen LogP contribution in [-0.4, -0.2) is 52.2 Å². The standard InChI is InChI=1S/C21H24BrN3O5S/c1-29-19-7-6-18(13-20(19)30-2)31(27,28)25-10-8-16(9-11-25)21(26)24-23-14-15-4-3-5-17(22)12-15/h3-7,12-14,16H,8-11H2,1-2H3,(H,24,26)/b23-14-. The third kappa shape index (κ3) is 5.63. The highest BCUT2D eigenvalue weighted by Gasteiger charge is 2.32. The van der Waals surface area contributed by atoms with Crippen molar-refractivity contribution < 1.29 is 22.7 Å². The Kier molecular flexibility index (Phi) is 7.69. The van der Waals surface area contributed by atoms with Gasteiger partial charge in [-0.1, -0.05) is 28.1 Å². The summed E-state index contributed by atoms with van der Waals surface area (Å²) >= 11 is 3.38. The lowest BCUT2D eigenvalue weighted by molar-refractivity contribution is -0.126. The topological polar surface area (TPSA) is 97.3 Å². The van der Waals surface area contributed by atoms with Gasteiger partial charge in [-0.15, -0.1) is 0 Å². The van der Waals surface area contributed by atoms with Crippen LogP contribution in [0.15, 0.2) is 56.9 Å². The number of amides is 1. The molecule has 0 spiro atoms. The fourth-order valence-electron chi connectivity index (χ4n) is 3.33. The van der Waals surface area contributed by atoms with Crippen LogP contribution in [0, 0.1) is 5.92 Å². The minimum atomic E-state index is -3.69. The van der Waals surface area contributed by atoms with E-state index in [2.05, 4.69) is 26.5 Å². The van der Waals surface area contributed by atoms with Crippen LogP contribution in [0.5, 0.6) is 11.5 Å². The summed E-state index contributed by atoms with van der Waals surface area (Å²) in [6, 6.07) is 12.0. The summed E-state index contributed by atoms with van der Waals surface area (Å²) in [5.41, 5.74) is 3.40. The van der Waals surface area contributed by atoms with E-state index in [1.54, 1.807) is 12.3 Å². The Balaban J connectivity index is 1.58. The lowest BCUT2D eigenvalue weighted by Crippen LogP contribution is -2.42. The molecule has 3 rings (SSSR count). The van der Waals surface area contributed by atoms with Crippen LogP contribution < -0.4 is 14.9 Å². The third-order valence-electron chi connectivity index (χ3n) is 5.05. The Morgan fingerprint density at radius 1 is 1.13 bits per heavy atom. The van der Waals surface area contributed by atoms with E-state index < -0.39 is 10.0 Å². The number of nitrogens with zero attached hydrogens (tertiary/aromatic N) is 2. The highest BCUT2D eigenvalue weighted by Crippen LogP contribution is 2.32. The highest BCUT2D eigenvalue weighted by molar-refractivity contribution is 9.10. The largest absolute Gasteiger partial charge is 0.493 e. The summed E-state index contributed by atoms with van der Waals surface area (Å²) in [5.74, 6) is 0.298.